The van der Waals surface area contributed by atoms with Gasteiger partial charge in [0.1, 0.15) is 5.82 Å². The van der Waals surface area contributed by atoms with Crippen LogP contribution in [-0.2, 0) is 4.79 Å². The Labute approximate surface area is 172 Å². The number of fused-ring (bicyclic) bond motifs is 1. The van der Waals surface area contributed by atoms with Crippen LogP contribution in [0, 0.1) is 5.92 Å². The van der Waals surface area contributed by atoms with Crippen LogP contribution in [0.1, 0.15) is 38.5 Å². The molecule has 1 unspecified atom stereocenters. The van der Waals surface area contributed by atoms with Gasteiger partial charge in [-0.1, -0.05) is 12.1 Å². The summed E-state index contributed by atoms with van der Waals surface area (Å²) in [6.45, 7) is 6.07. The normalized spacial score (nSPS) is 24.3. The lowest BCUT2D eigenvalue weighted by molar-refractivity contribution is -0.136. The number of piperidine rings is 2. The molecule has 0 radical (unpaired) electrons. The Kier molecular flexibility index (Phi) is 5.36. The van der Waals surface area contributed by atoms with Crippen molar-refractivity contribution in [2.24, 2.45) is 5.92 Å². The van der Waals surface area contributed by atoms with E-state index in [1.165, 1.54) is 12.8 Å². The SMILES string of the molecule is O=C(C1CCCN(C2CCN(c3cnc4ccccc4n3)CC2)C1)N1CCCC1. The highest BCUT2D eigenvalue weighted by Gasteiger charge is 2.34. The highest BCUT2D eigenvalue weighted by molar-refractivity contribution is 5.79. The molecule has 0 spiro atoms. The molecule has 6 heteroatoms. The van der Waals surface area contributed by atoms with Crippen molar-refractivity contribution in [2.45, 2.75) is 44.6 Å². The van der Waals surface area contributed by atoms with E-state index in [4.69, 9.17) is 4.98 Å². The molecule has 0 saturated carbocycles. The molecule has 0 N–H and O–H groups in total. The Morgan fingerprint density at radius 1 is 0.897 bits per heavy atom. The molecule has 154 valence electrons. The predicted molar refractivity (Wildman–Crippen MR) is 115 cm³/mol. The van der Waals surface area contributed by atoms with E-state index < -0.39 is 0 Å². The summed E-state index contributed by atoms with van der Waals surface area (Å²) in [4.78, 5) is 29.3. The van der Waals surface area contributed by atoms with E-state index in [9.17, 15) is 4.79 Å². The summed E-state index contributed by atoms with van der Waals surface area (Å²) in [6.07, 6.45) is 8.77. The largest absolute Gasteiger partial charge is 0.355 e. The Bertz CT molecular complexity index is 857. The molecule has 2 aromatic rings. The van der Waals surface area contributed by atoms with E-state index in [1.807, 2.05) is 30.5 Å². The van der Waals surface area contributed by atoms with Gasteiger partial charge in [0.05, 0.1) is 23.1 Å². The second-order valence-electron chi connectivity index (χ2n) is 8.80. The molecule has 3 saturated heterocycles. The van der Waals surface area contributed by atoms with Crippen molar-refractivity contribution in [3.05, 3.63) is 30.5 Å². The minimum Gasteiger partial charge on any atom is -0.355 e. The van der Waals surface area contributed by atoms with Gasteiger partial charge in [-0.05, 0) is 57.2 Å². The number of benzene rings is 1. The van der Waals surface area contributed by atoms with E-state index in [-0.39, 0.29) is 5.92 Å². The number of nitrogens with zero attached hydrogens (tertiary/aromatic N) is 5. The fourth-order valence-corrected chi connectivity index (χ4v) is 5.30. The van der Waals surface area contributed by atoms with Crippen molar-refractivity contribution in [1.82, 2.24) is 19.8 Å². The van der Waals surface area contributed by atoms with E-state index >= 15 is 0 Å². The molecular weight excluding hydrogens is 362 g/mol. The number of likely N-dealkylation sites (tertiary alicyclic amines) is 2. The summed E-state index contributed by atoms with van der Waals surface area (Å²) >= 11 is 0. The maximum absolute atomic E-state index is 12.8. The van der Waals surface area contributed by atoms with Crippen LogP contribution in [0.2, 0.25) is 0 Å². The highest BCUT2D eigenvalue weighted by atomic mass is 16.2. The highest BCUT2D eigenvalue weighted by Crippen LogP contribution is 2.27. The third-order valence-electron chi connectivity index (χ3n) is 6.96. The maximum Gasteiger partial charge on any atom is 0.226 e. The molecule has 29 heavy (non-hydrogen) atoms. The van der Waals surface area contributed by atoms with Gasteiger partial charge in [0, 0.05) is 38.8 Å². The van der Waals surface area contributed by atoms with Gasteiger partial charge in [0.15, 0.2) is 0 Å². The van der Waals surface area contributed by atoms with Crippen LogP contribution in [0.25, 0.3) is 11.0 Å². The van der Waals surface area contributed by atoms with Crippen molar-refractivity contribution in [1.29, 1.82) is 0 Å². The van der Waals surface area contributed by atoms with Crippen molar-refractivity contribution in [3.8, 4) is 0 Å². The van der Waals surface area contributed by atoms with Gasteiger partial charge in [0.25, 0.3) is 0 Å². The number of carbonyl (C=O) groups excluding carboxylic acids is 1. The van der Waals surface area contributed by atoms with Crippen LogP contribution in [0.5, 0.6) is 0 Å². The first-order chi connectivity index (χ1) is 14.3. The average molecular weight is 394 g/mol. The van der Waals surface area contributed by atoms with Crippen LogP contribution in [0.3, 0.4) is 0 Å². The van der Waals surface area contributed by atoms with Crippen LogP contribution < -0.4 is 4.90 Å². The van der Waals surface area contributed by atoms with Crippen molar-refractivity contribution >= 4 is 22.8 Å². The maximum atomic E-state index is 12.8. The molecule has 1 amide bonds. The molecule has 3 aliphatic heterocycles. The van der Waals surface area contributed by atoms with E-state index in [2.05, 4.69) is 19.7 Å². The molecule has 5 rings (SSSR count). The smallest absolute Gasteiger partial charge is 0.226 e. The molecule has 3 fully saturated rings. The van der Waals surface area contributed by atoms with Gasteiger partial charge in [-0.3, -0.25) is 14.7 Å². The van der Waals surface area contributed by atoms with Crippen LogP contribution >= 0.6 is 0 Å². The van der Waals surface area contributed by atoms with E-state index in [0.29, 0.717) is 11.9 Å². The van der Waals surface area contributed by atoms with Gasteiger partial charge in [-0.25, -0.2) is 4.98 Å². The fourth-order valence-electron chi connectivity index (χ4n) is 5.30. The number of hydrogen-bond acceptors (Lipinski definition) is 5. The molecule has 6 nitrogen and oxygen atoms in total. The molecule has 1 aromatic carbocycles. The standard InChI is InChI=1S/C23H31N5O/c29-23(27-11-3-4-12-27)18-6-5-13-28(17-18)19-9-14-26(15-10-19)22-16-24-20-7-1-2-8-21(20)25-22/h1-2,7-8,16,18-19H,3-6,9-15,17H2. The molecule has 3 aliphatic rings. The second-order valence-corrected chi connectivity index (χ2v) is 8.80. The van der Waals surface area contributed by atoms with Gasteiger partial charge in [-0.15, -0.1) is 0 Å². The Balaban J connectivity index is 1.19. The summed E-state index contributed by atoms with van der Waals surface area (Å²) < 4.78 is 0. The summed E-state index contributed by atoms with van der Waals surface area (Å²) in [5.41, 5.74) is 1.92. The van der Waals surface area contributed by atoms with Gasteiger partial charge in [-0.2, -0.15) is 0 Å². The average Bonchev–Trinajstić information content (AvgIpc) is 3.33. The number of hydrogen-bond donors (Lipinski definition) is 0. The third-order valence-corrected chi connectivity index (χ3v) is 6.96. The van der Waals surface area contributed by atoms with Crippen molar-refractivity contribution in [2.75, 3.05) is 44.2 Å². The van der Waals surface area contributed by atoms with Gasteiger partial charge >= 0.3 is 0 Å². The first kappa shape index (κ1) is 18.8. The molecule has 1 aromatic heterocycles. The molecule has 0 aliphatic carbocycles. The molecule has 1 atom stereocenters. The zero-order chi connectivity index (χ0) is 19.6. The Hall–Kier alpha value is -2.21. The fraction of sp³-hybridized carbons (Fsp3) is 0.609. The van der Waals surface area contributed by atoms with Crippen molar-refractivity contribution < 1.29 is 4.79 Å². The first-order valence-corrected chi connectivity index (χ1v) is 11.3. The summed E-state index contributed by atoms with van der Waals surface area (Å²) in [5, 5.41) is 0. The van der Waals surface area contributed by atoms with Crippen molar-refractivity contribution in [3.63, 3.8) is 0 Å². The monoisotopic (exact) mass is 393 g/mol. The molecule has 4 heterocycles. The number of aromatic nitrogens is 2. The number of carbonyl (C=O) groups is 1. The van der Waals surface area contributed by atoms with Gasteiger partial charge < -0.3 is 9.80 Å². The third kappa shape index (κ3) is 3.95. The molecule has 0 bridgehead atoms. The quantitative estimate of drug-likeness (QED) is 0.803. The number of rotatable bonds is 3. The number of para-hydroxylation sites is 2. The minimum atomic E-state index is 0.214. The van der Waals surface area contributed by atoms with E-state index in [0.717, 1.165) is 81.8 Å². The number of anilines is 1. The van der Waals surface area contributed by atoms with Gasteiger partial charge in [0.2, 0.25) is 5.91 Å². The predicted octanol–water partition coefficient (Wildman–Crippen LogP) is 2.93. The molecular formula is C23H31N5O. The lowest BCUT2D eigenvalue weighted by atomic mass is 9.93. The second kappa shape index (κ2) is 8.27. The summed E-state index contributed by atoms with van der Waals surface area (Å²) in [7, 11) is 0. The summed E-state index contributed by atoms with van der Waals surface area (Å²) in [6, 6.07) is 8.65. The topological polar surface area (TPSA) is 52.6 Å². The zero-order valence-corrected chi connectivity index (χ0v) is 17.2. The van der Waals surface area contributed by atoms with Crippen LogP contribution in [-0.4, -0.2) is 71.0 Å². The Morgan fingerprint density at radius 2 is 1.66 bits per heavy atom. The van der Waals surface area contributed by atoms with Crippen LogP contribution in [0.15, 0.2) is 30.5 Å². The minimum absolute atomic E-state index is 0.214. The number of amides is 1. The lowest BCUT2D eigenvalue weighted by Gasteiger charge is -2.42. The lowest BCUT2D eigenvalue weighted by Crippen LogP contribution is -2.51. The summed E-state index contributed by atoms with van der Waals surface area (Å²) in [5.74, 6) is 1.62. The van der Waals surface area contributed by atoms with Crippen LogP contribution in [0.4, 0.5) is 5.82 Å². The zero-order valence-electron chi connectivity index (χ0n) is 17.2. The first-order valence-electron chi connectivity index (χ1n) is 11.3. The Morgan fingerprint density at radius 3 is 2.45 bits per heavy atom. The van der Waals surface area contributed by atoms with E-state index in [1.54, 1.807) is 0 Å².